The standard InChI is InChI=1S/C12H16O7.C10H14O6/c1-7(13)16-6-11-10(17-8(2)14)4-5-12(19-11)18-9(3)15;1-6(11)14-5-9-8(15-7(2)12)3-4-10(13)16-9/h4-5,10-12H,6H2,1-3H3;3-4,8-10,13H,5H2,1-2H3/t10-,11+,12?;8-,9+,10?/m00/s1. The summed E-state index contributed by atoms with van der Waals surface area (Å²) in [7, 11) is 0. The third-order valence-corrected chi connectivity index (χ3v) is 4.07. The molecule has 0 fully saturated rings. The zero-order valence-corrected chi connectivity index (χ0v) is 20.0. The Bertz CT molecular complexity index is 818. The van der Waals surface area contributed by atoms with Crippen molar-refractivity contribution < 1.29 is 62.2 Å². The van der Waals surface area contributed by atoms with Gasteiger partial charge in [-0.15, -0.1) is 0 Å². The quantitative estimate of drug-likeness (QED) is 0.282. The van der Waals surface area contributed by atoms with Gasteiger partial charge in [-0.25, -0.2) is 0 Å². The van der Waals surface area contributed by atoms with Crippen LogP contribution in [-0.2, 0) is 57.1 Å². The van der Waals surface area contributed by atoms with Crippen LogP contribution in [0.3, 0.4) is 0 Å². The minimum absolute atomic E-state index is 0.0747. The average Bonchev–Trinajstić information content (AvgIpc) is 2.73. The van der Waals surface area contributed by atoms with Crippen molar-refractivity contribution in [1.82, 2.24) is 0 Å². The monoisotopic (exact) mass is 502 g/mol. The van der Waals surface area contributed by atoms with Crippen molar-refractivity contribution in [3.63, 3.8) is 0 Å². The molecule has 35 heavy (non-hydrogen) atoms. The Morgan fingerprint density at radius 3 is 1.49 bits per heavy atom. The molecule has 0 aromatic carbocycles. The maximum Gasteiger partial charge on any atom is 0.305 e. The predicted octanol–water partition coefficient (Wildman–Crippen LogP) is 0.0800. The third kappa shape index (κ3) is 12.7. The first kappa shape index (κ1) is 29.7. The summed E-state index contributed by atoms with van der Waals surface area (Å²) in [6, 6.07) is 0. The normalized spacial score (nSPS) is 26.9. The highest BCUT2D eigenvalue weighted by molar-refractivity contribution is 5.68. The Morgan fingerprint density at radius 2 is 1.06 bits per heavy atom. The highest BCUT2D eigenvalue weighted by Gasteiger charge is 2.32. The summed E-state index contributed by atoms with van der Waals surface area (Å²) in [5.74, 6) is -2.41. The molecule has 0 bridgehead atoms. The van der Waals surface area contributed by atoms with E-state index >= 15 is 0 Å². The van der Waals surface area contributed by atoms with Crippen molar-refractivity contribution >= 4 is 29.8 Å². The largest absolute Gasteiger partial charge is 0.463 e. The second kappa shape index (κ2) is 14.9. The summed E-state index contributed by atoms with van der Waals surface area (Å²) >= 11 is 0. The van der Waals surface area contributed by atoms with Gasteiger partial charge in [-0.1, -0.05) is 0 Å². The number of hydrogen-bond acceptors (Lipinski definition) is 13. The average molecular weight is 502 g/mol. The molecule has 6 atom stereocenters. The highest BCUT2D eigenvalue weighted by atomic mass is 16.7. The fourth-order valence-corrected chi connectivity index (χ4v) is 2.76. The summed E-state index contributed by atoms with van der Waals surface area (Å²) in [6.45, 7) is 6.11. The molecule has 0 radical (unpaired) electrons. The van der Waals surface area contributed by atoms with Gasteiger partial charge in [0, 0.05) is 34.6 Å². The molecular weight excluding hydrogens is 472 g/mol. The number of ether oxygens (including phenoxy) is 7. The van der Waals surface area contributed by atoms with Crippen LogP contribution in [0.5, 0.6) is 0 Å². The Labute approximate surface area is 201 Å². The number of esters is 5. The predicted molar refractivity (Wildman–Crippen MR) is 114 cm³/mol. The first-order valence-electron chi connectivity index (χ1n) is 10.5. The van der Waals surface area contributed by atoms with Gasteiger partial charge in [0.1, 0.15) is 37.6 Å². The molecule has 0 aromatic rings. The first-order valence-corrected chi connectivity index (χ1v) is 10.5. The Kier molecular flexibility index (Phi) is 12.6. The SMILES string of the molecule is CC(=O)OC[C@H]1OC(O)C=C[C@@H]1OC(C)=O.CC(=O)OC[C@H]1OC(OC(C)=O)C=C[C@@H]1OC(C)=O. The van der Waals surface area contributed by atoms with Gasteiger partial charge in [0.05, 0.1) is 0 Å². The zero-order chi connectivity index (χ0) is 26.5. The van der Waals surface area contributed by atoms with E-state index < -0.39 is 66.8 Å². The summed E-state index contributed by atoms with van der Waals surface area (Å²) in [4.78, 5) is 54.0. The molecule has 13 nitrogen and oxygen atoms in total. The highest BCUT2D eigenvalue weighted by Crippen LogP contribution is 2.18. The van der Waals surface area contributed by atoms with E-state index in [0.29, 0.717) is 0 Å². The fourth-order valence-electron chi connectivity index (χ4n) is 2.76. The van der Waals surface area contributed by atoms with Crippen molar-refractivity contribution in [2.75, 3.05) is 13.2 Å². The number of carbonyl (C=O) groups is 5. The minimum Gasteiger partial charge on any atom is -0.463 e. The van der Waals surface area contributed by atoms with Crippen LogP contribution in [0.1, 0.15) is 34.6 Å². The topological polar surface area (TPSA) is 170 Å². The van der Waals surface area contributed by atoms with E-state index in [1.54, 1.807) is 0 Å². The second-order valence-electron chi connectivity index (χ2n) is 7.24. The third-order valence-electron chi connectivity index (χ3n) is 4.07. The number of hydrogen-bond donors (Lipinski definition) is 1. The van der Waals surface area contributed by atoms with Gasteiger partial charge < -0.3 is 38.3 Å². The van der Waals surface area contributed by atoms with Gasteiger partial charge in [-0.05, 0) is 24.3 Å². The van der Waals surface area contributed by atoms with Crippen LogP contribution in [0.25, 0.3) is 0 Å². The summed E-state index contributed by atoms with van der Waals surface area (Å²) in [5.41, 5.74) is 0. The molecular formula is C22H30O13. The van der Waals surface area contributed by atoms with E-state index in [2.05, 4.69) is 0 Å². The molecule has 13 heteroatoms. The van der Waals surface area contributed by atoms with E-state index in [-0.39, 0.29) is 13.2 Å². The minimum atomic E-state index is -1.08. The first-order chi connectivity index (χ1) is 16.4. The van der Waals surface area contributed by atoms with Crippen LogP contribution in [0.15, 0.2) is 24.3 Å². The molecule has 0 aliphatic carbocycles. The van der Waals surface area contributed by atoms with E-state index in [0.717, 1.165) is 0 Å². The molecule has 196 valence electrons. The van der Waals surface area contributed by atoms with Crippen LogP contribution in [-0.4, -0.2) is 85.2 Å². The maximum absolute atomic E-state index is 11.0. The molecule has 1 N–H and O–H groups in total. The van der Waals surface area contributed by atoms with Gasteiger partial charge in [0.25, 0.3) is 0 Å². The lowest BCUT2D eigenvalue weighted by molar-refractivity contribution is -0.201. The summed E-state index contributed by atoms with van der Waals surface area (Å²) in [6.07, 6.45) is 1.14. The molecule has 2 heterocycles. The Morgan fingerprint density at radius 1 is 0.629 bits per heavy atom. The van der Waals surface area contributed by atoms with Gasteiger partial charge in [-0.2, -0.15) is 0 Å². The van der Waals surface area contributed by atoms with Gasteiger partial charge >= 0.3 is 29.8 Å². The van der Waals surface area contributed by atoms with Gasteiger partial charge in [0.15, 0.2) is 6.29 Å². The molecule has 0 aromatic heterocycles. The van der Waals surface area contributed by atoms with E-state index in [9.17, 15) is 29.1 Å². The van der Waals surface area contributed by atoms with Crippen LogP contribution < -0.4 is 0 Å². The van der Waals surface area contributed by atoms with Crippen LogP contribution in [0, 0.1) is 0 Å². The molecule has 2 unspecified atom stereocenters. The second-order valence-corrected chi connectivity index (χ2v) is 7.24. The summed E-state index contributed by atoms with van der Waals surface area (Å²) in [5, 5.41) is 9.21. The number of rotatable bonds is 7. The summed E-state index contributed by atoms with van der Waals surface area (Å²) < 4.78 is 34.8. The molecule has 2 aliphatic rings. The lowest BCUT2D eigenvalue weighted by atomic mass is 10.1. The van der Waals surface area contributed by atoms with Crippen LogP contribution >= 0.6 is 0 Å². The lowest BCUT2D eigenvalue weighted by Crippen LogP contribution is -2.42. The van der Waals surface area contributed by atoms with Crippen molar-refractivity contribution in [3.05, 3.63) is 24.3 Å². The van der Waals surface area contributed by atoms with Crippen LogP contribution in [0.4, 0.5) is 0 Å². The van der Waals surface area contributed by atoms with Gasteiger partial charge in [0.2, 0.25) is 6.29 Å². The molecule has 0 saturated carbocycles. The van der Waals surface area contributed by atoms with Crippen molar-refractivity contribution in [3.8, 4) is 0 Å². The molecule has 0 spiro atoms. The fraction of sp³-hybridized carbons (Fsp3) is 0.591. The number of carbonyl (C=O) groups excluding carboxylic acids is 5. The smallest absolute Gasteiger partial charge is 0.305 e. The number of aliphatic hydroxyl groups is 1. The van der Waals surface area contributed by atoms with Crippen molar-refractivity contribution in [2.45, 2.75) is 71.6 Å². The Hall–Kier alpha value is -3.29. The number of aliphatic hydroxyl groups excluding tert-OH is 1. The van der Waals surface area contributed by atoms with Crippen LogP contribution in [0.2, 0.25) is 0 Å². The Balaban J connectivity index is 0.000000355. The molecule has 0 amide bonds. The maximum atomic E-state index is 11.0. The van der Waals surface area contributed by atoms with E-state index in [1.165, 1.54) is 58.9 Å². The molecule has 2 rings (SSSR count). The zero-order valence-electron chi connectivity index (χ0n) is 20.0. The molecule has 0 saturated heterocycles. The van der Waals surface area contributed by atoms with Crippen molar-refractivity contribution in [2.24, 2.45) is 0 Å². The molecule has 2 aliphatic heterocycles. The lowest BCUT2D eigenvalue weighted by Gasteiger charge is -2.30. The van der Waals surface area contributed by atoms with E-state index in [4.69, 9.17) is 33.2 Å². The van der Waals surface area contributed by atoms with E-state index in [1.807, 2.05) is 0 Å². The van der Waals surface area contributed by atoms with Crippen molar-refractivity contribution in [1.29, 1.82) is 0 Å². The van der Waals surface area contributed by atoms with Gasteiger partial charge in [-0.3, -0.25) is 24.0 Å².